The van der Waals surface area contributed by atoms with Crippen molar-refractivity contribution >= 4 is 10.0 Å². The first-order valence-corrected chi connectivity index (χ1v) is 9.26. The number of rotatable bonds is 5. The summed E-state index contributed by atoms with van der Waals surface area (Å²) in [6.45, 7) is 1.10. The molecule has 0 bridgehead atoms. The third kappa shape index (κ3) is 3.41. The van der Waals surface area contributed by atoms with E-state index in [9.17, 15) is 8.42 Å². The van der Waals surface area contributed by atoms with E-state index in [1.807, 2.05) is 24.3 Å². The van der Waals surface area contributed by atoms with E-state index < -0.39 is 10.0 Å². The van der Waals surface area contributed by atoms with Crippen LogP contribution < -0.4 is 4.74 Å². The van der Waals surface area contributed by atoms with Crippen LogP contribution in [0.2, 0.25) is 0 Å². The summed E-state index contributed by atoms with van der Waals surface area (Å²) in [6, 6.07) is 15.4. The molecule has 0 fully saturated rings. The Morgan fingerprint density at radius 3 is 2.65 bits per heavy atom. The number of nitrogens with zero attached hydrogens (tertiary/aromatic N) is 1. The zero-order chi connectivity index (χ0) is 16.3. The van der Waals surface area contributed by atoms with Gasteiger partial charge in [-0.15, -0.1) is 0 Å². The number of hydrogen-bond donors (Lipinski definition) is 0. The summed E-state index contributed by atoms with van der Waals surface area (Å²) in [5.41, 5.74) is 2.09. The van der Waals surface area contributed by atoms with Crippen molar-refractivity contribution in [3.8, 4) is 5.75 Å². The molecule has 0 spiro atoms. The Morgan fingerprint density at radius 1 is 1.13 bits per heavy atom. The van der Waals surface area contributed by atoms with Gasteiger partial charge >= 0.3 is 0 Å². The first-order valence-electron chi connectivity index (χ1n) is 7.82. The molecule has 3 rings (SSSR count). The van der Waals surface area contributed by atoms with E-state index >= 15 is 0 Å². The van der Waals surface area contributed by atoms with Gasteiger partial charge in [-0.25, -0.2) is 8.42 Å². The van der Waals surface area contributed by atoms with E-state index in [0.29, 0.717) is 23.7 Å². The monoisotopic (exact) mass is 331 g/mol. The molecule has 0 saturated heterocycles. The molecule has 0 amide bonds. The molecular formula is C18H21NO3S. The number of benzene rings is 2. The fourth-order valence-corrected chi connectivity index (χ4v) is 4.68. The lowest BCUT2D eigenvalue weighted by molar-refractivity contribution is 0.391. The minimum atomic E-state index is -3.38. The Hall–Kier alpha value is -1.85. The lowest BCUT2D eigenvalue weighted by atomic mass is 10.1. The molecule has 0 unspecified atom stereocenters. The maximum absolute atomic E-state index is 12.7. The molecule has 2 aromatic carbocycles. The molecule has 0 atom stereocenters. The number of hydrogen-bond acceptors (Lipinski definition) is 3. The van der Waals surface area contributed by atoms with E-state index in [1.165, 1.54) is 5.56 Å². The van der Waals surface area contributed by atoms with Crippen LogP contribution in [0.5, 0.6) is 5.75 Å². The van der Waals surface area contributed by atoms with E-state index in [0.717, 1.165) is 24.8 Å². The topological polar surface area (TPSA) is 46.6 Å². The van der Waals surface area contributed by atoms with Crippen LogP contribution >= 0.6 is 0 Å². The van der Waals surface area contributed by atoms with Gasteiger partial charge < -0.3 is 4.74 Å². The van der Waals surface area contributed by atoms with Crippen molar-refractivity contribution in [2.75, 3.05) is 20.2 Å². The Labute approximate surface area is 137 Å². The van der Waals surface area contributed by atoms with Gasteiger partial charge in [-0.05, 0) is 48.6 Å². The summed E-state index contributed by atoms with van der Waals surface area (Å²) in [5.74, 6) is 0.705. The van der Waals surface area contributed by atoms with E-state index in [-0.39, 0.29) is 0 Å². The van der Waals surface area contributed by atoms with Gasteiger partial charge in [-0.1, -0.05) is 30.3 Å². The molecule has 0 N–H and O–H groups in total. The predicted octanol–water partition coefficient (Wildman–Crippen LogP) is 2.87. The normalized spacial score (nSPS) is 16.7. The highest BCUT2D eigenvalue weighted by Crippen LogP contribution is 2.29. The second kappa shape index (κ2) is 6.72. The van der Waals surface area contributed by atoms with Crippen molar-refractivity contribution in [2.45, 2.75) is 24.2 Å². The SMILES string of the molecule is COc1ccc2c(c1)CCN(CCCc1ccccc1)S2(=O)=O. The first kappa shape index (κ1) is 16.0. The van der Waals surface area contributed by atoms with Gasteiger partial charge in [0.05, 0.1) is 12.0 Å². The average Bonchev–Trinajstić information content (AvgIpc) is 2.57. The highest BCUT2D eigenvalue weighted by molar-refractivity contribution is 7.89. The van der Waals surface area contributed by atoms with Gasteiger partial charge in [-0.3, -0.25) is 0 Å². The molecule has 1 aliphatic rings. The van der Waals surface area contributed by atoms with Crippen LogP contribution in [0.15, 0.2) is 53.4 Å². The van der Waals surface area contributed by atoms with Gasteiger partial charge in [0.1, 0.15) is 5.75 Å². The number of methoxy groups -OCH3 is 1. The van der Waals surface area contributed by atoms with Crippen molar-refractivity contribution < 1.29 is 13.2 Å². The highest BCUT2D eigenvalue weighted by atomic mass is 32.2. The van der Waals surface area contributed by atoms with Crippen LogP contribution in [0.1, 0.15) is 17.5 Å². The Morgan fingerprint density at radius 2 is 1.91 bits per heavy atom. The standard InChI is InChI=1S/C18H21NO3S/c1-22-17-9-10-18-16(14-17)11-13-19(23(18,20)21)12-5-8-15-6-3-2-4-7-15/h2-4,6-7,9-10,14H,5,8,11-13H2,1H3. The number of sulfonamides is 1. The summed E-state index contributed by atoms with van der Waals surface area (Å²) in [6.07, 6.45) is 2.45. The molecule has 2 aromatic rings. The Balaban J connectivity index is 1.70. The van der Waals surface area contributed by atoms with Crippen LogP contribution in [0.3, 0.4) is 0 Å². The second-order valence-electron chi connectivity index (χ2n) is 5.72. The molecule has 0 aromatic heterocycles. The lowest BCUT2D eigenvalue weighted by Gasteiger charge is -2.28. The molecule has 0 radical (unpaired) electrons. The zero-order valence-corrected chi connectivity index (χ0v) is 14.1. The van der Waals surface area contributed by atoms with Crippen LogP contribution in [-0.4, -0.2) is 32.9 Å². The maximum atomic E-state index is 12.7. The maximum Gasteiger partial charge on any atom is 0.243 e. The largest absolute Gasteiger partial charge is 0.497 e. The second-order valence-corrected chi connectivity index (χ2v) is 7.62. The molecule has 0 saturated carbocycles. The van der Waals surface area contributed by atoms with Crippen molar-refractivity contribution in [1.29, 1.82) is 0 Å². The quantitative estimate of drug-likeness (QED) is 0.846. The molecule has 23 heavy (non-hydrogen) atoms. The summed E-state index contributed by atoms with van der Waals surface area (Å²) in [5, 5.41) is 0. The fourth-order valence-electron chi connectivity index (χ4n) is 2.97. The molecule has 0 aliphatic carbocycles. The fraction of sp³-hybridized carbons (Fsp3) is 0.333. The van der Waals surface area contributed by atoms with Gasteiger partial charge in [0, 0.05) is 13.1 Å². The number of fused-ring (bicyclic) bond motifs is 1. The highest BCUT2D eigenvalue weighted by Gasteiger charge is 2.31. The minimum Gasteiger partial charge on any atom is -0.497 e. The summed E-state index contributed by atoms with van der Waals surface area (Å²) >= 11 is 0. The predicted molar refractivity (Wildman–Crippen MR) is 90.2 cm³/mol. The third-order valence-electron chi connectivity index (χ3n) is 4.23. The van der Waals surface area contributed by atoms with E-state index in [4.69, 9.17) is 4.74 Å². The smallest absolute Gasteiger partial charge is 0.243 e. The first-order chi connectivity index (χ1) is 11.1. The van der Waals surface area contributed by atoms with Crippen molar-refractivity contribution in [3.05, 3.63) is 59.7 Å². The van der Waals surface area contributed by atoms with Crippen LogP contribution in [0.25, 0.3) is 0 Å². The van der Waals surface area contributed by atoms with Crippen molar-refractivity contribution in [2.24, 2.45) is 0 Å². The number of aryl methyl sites for hydroxylation is 1. The van der Waals surface area contributed by atoms with Crippen LogP contribution in [0.4, 0.5) is 0 Å². The van der Waals surface area contributed by atoms with Crippen molar-refractivity contribution in [1.82, 2.24) is 4.31 Å². The summed E-state index contributed by atoms with van der Waals surface area (Å²) in [4.78, 5) is 0.421. The van der Waals surface area contributed by atoms with Gasteiger partial charge in [0.25, 0.3) is 0 Å². The zero-order valence-electron chi connectivity index (χ0n) is 13.2. The van der Waals surface area contributed by atoms with E-state index in [2.05, 4.69) is 12.1 Å². The Bertz CT molecular complexity index is 772. The van der Waals surface area contributed by atoms with Gasteiger partial charge in [0.2, 0.25) is 10.0 Å². The number of ether oxygens (including phenoxy) is 1. The third-order valence-corrected chi connectivity index (χ3v) is 6.23. The van der Waals surface area contributed by atoms with Crippen molar-refractivity contribution in [3.63, 3.8) is 0 Å². The molecule has 1 heterocycles. The molecule has 1 aliphatic heterocycles. The van der Waals surface area contributed by atoms with Crippen LogP contribution in [0, 0.1) is 0 Å². The average molecular weight is 331 g/mol. The Kier molecular flexibility index (Phi) is 4.68. The molecule has 122 valence electrons. The molecule has 5 heteroatoms. The summed E-state index contributed by atoms with van der Waals surface area (Å²) < 4.78 is 32.2. The molecular weight excluding hydrogens is 310 g/mol. The van der Waals surface area contributed by atoms with Gasteiger partial charge in [-0.2, -0.15) is 4.31 Å². The lowest BCUT2D eigenvalue weighted by Crippen LogP contribution is -2.38. The minimum absolute atomic E-state index is 0.421. The van der Waals surface area contributed by atoms with Gasteiger partial charge in [0.15, 0.2) is 0 Å². The van der Waals surface area contributed by atoms with E-state index in [1.54, 1.807) is 23.5 Å². The summed E-state index contributed by atoms with van der Waals surface area (Å²) in [7, 11) is -1.79. The molecule has 4 nitrogen and oxygen atoms in total. The van der Waals surface area contributed by atoms with Crippen LogP contribution in [-0.2, 0) is 22.9 Å².